The van der Waals surface area contributed by atoms with E-state index in [2.05, 4.69) is 13.0 Å². The highest BCUT2D eigenvalue weighted by atomic mass is 35.5. The van der Waals surface area contributed by atoms with Crippen LogP contribution in [-0.4, -0.2) is 43.2 Å². The summed E-state index contributed by atoms with van der Waals surface area (Å²) in [5.74, 6) is -0.161. The molecule has 5 nitrogen and oxygen atoms in total. The molecule has 1 aliphatic heterocycles. The summed E-state index contributed by atoms with van der Waals surface area (Å²) in [4.78, 5) is 15.2. The predicted molar refractivity (Wildman–Crippen MR) is 120 cm³/mol. The molecule has 0 aliphatic carbocycles. The lowest BCUT2D eigenvalue weighted by atomic mass is 9.93. The number of sulfonamides is 1. The van der Waals surface area contributed by atoms with Gasteiger partial charge >= 0.3 is 0 Å². The van der Waals surface area contributed by atoms with Crippen molar-refractivity contribution in [1.29, 1.82) is 0 Å². The van der Waals surface area contributed by atoms with Crippen LogP contribution < -0.4 is 0 Å². The molecule has 0 spiro atoms. The van der Waals surface area contributed by atoms with E-state index in [0.29, 0.717) is 18.1 Å². The van der Waals surface area contributed by atoms with Gasteiger partial charge < -0.3 is 4.90 Å². The zero-order valence-electron chi connectivity index (χ0n) is 17.6. The molecular formula is C23H29ClN2O3S. The van der Waals surface area contributed by atoms with Crippen LogP contribution >= 0.6 is 11.6 Å². The zero-order chi connectivity index (χ0) is 21.7. The monoisotopic (exact) mass is 448 g/mol. The molecule has 0 bridgehead atoms. The number of rotatable bonds is 8. The van der Waals surface area contributed by atoms with E-state index in [4.69, 9.17) is 11.6 Å². The van der Waals surface area contributed by atoms with Crippen LogP contribution in [0.15, 0.2) is 53.4 Å². The van der Waals surface area contributed by atoms with Crippen molar-refractivity contribution in [1.82, 2.24) is 9.21 Å². The number of amides is 1. The summed E-state index contributed by atoms with van der Waals surface area (Å²) in [7, 11) is -3.78. The van der Waals surface area contributed by atoms with E-state index < -0.39 is 10.0 Å². The summed E-state index contributed by atoms with van der Waals surface area (Å²) < 4.78 is 27.8. The standard InChI is InChI=1S/C23H29ClN2O3S/c1-3-4-7-15-25(30(28,29)21-12-10-20(24)11-13-21)17-23(27)26-16-14-19-8-5-6-9-22(19)18(26)2/h5-6,8-13,18H,3-4,7,14-17H2,1-2H3. The Morgan fingerprint density at radius 3 is 2.53 bits per heavy atom. The summed E-state index contributed by atoms with van der Waals surface area (Å²) in [5, 5.41) is 0.475. The molecule has 1 unspecified atom stereocenters. The van der Waals surface area contributed by atoms with Crippen LogP contribution in [0.5, 0.6) is 0 Å². The Kier molecular flexibility index (Phi) is 7.55. The van der Waals surface area contributed by atoms with Gasteiger partial charge in [0.15, 0.2) is 0 Å². The van der Waals surface area contributed by atoms with Gasteiger partial charge in [0.1, 0.15) is 0 Å². The Bertz CT molecular complexity index is 976. The van der Waals surface area contributed by atoms with Crippen molar-refractivity contribution in [2.75, 3.05) is 19.6 Å². The molecular weight excluding hydrogens is 420 g/mol. The number of benzene rings is 2. The van der Waals surface area contributed by atoms with Gasteiger partial charge in [-0.05, 0) is 55.2 Å². The third kappa shape index (κ3) is 5.05. The minimum atomic E-state index is -3.78. The summed E-state index contributed by atoms with van der Waals surface area (Å²) in [6.07, 6.45) is 3.39. The Hall–Kier alpha value is -1.89. The summed E-state index contributed by atoms with van der Waals surface area (Å²) >= 11 is 5.92. The number of carbonyl (C=O) groups is 1. The van der Waals surface area contributed by atoms with Gasteiger partial charge in [-0.3, -0.25) is 4.79 Å². The van der Waals surface area contributed by atoms with Crippen LogP contribution in [0.1, 0.15) is 50.3 Å². The molecule has 0 radical (unpaired) electrons. The number of nitrogens with zero attached hydrogens (tertiary/aromatic N) is 2. The molecule has 0 N–H and O–H groups in total. The maximum Gasteiger partial charge on any atom is 0.243 e. The van der Waals surface area contributed by atoms with E-state index in [9.17, 15) is 13.2 Å². The van der Waals surface area contributed by atoms with Crippen LogP contribution in [0.2, 0.25) is 5.02 Å². The van der Waals surface area contributed by atoms with E-state index in [0.717, 1.165) is 31.2 Å². The van der Waals surface area contributed by atoms with E-state index in [-0.39, 0.29) is 23.4 Å². The molecule has 3 rings (SSSR count). The van der Waals surface area contributed by atoms with Crippen molar-refractivity contribution in [3.05, 3.63) is 64.7 Å². The topological polar surface area (TPSA) is 57.7 Å². The second-order valence-corrected chi connectivity index (χ2v) is 10.1. The van der Waals surface area contributed by atoms with Gasteiger partial charge in [-0.15, -0.1) is 0 Å². The minimum absolute atomic E-state index is 0.0711. The normalized spacial score (nSPS) is 16.5. The summed E-state index contributed by atoms with van der Waals surface area (Å²) in [6, 6.07) is 14.2. The highest BCUT2D eigenvalue weighted by Gasteiger charge is 2.32. The molecule has 0 aromatic heterocycles. The molecule has 162 valence electrons. The van der Waals surface area contributed by atoms with Gasteiger partial charge in [0, 0.05) is 18.1 Å². The molecule has 7 heteroatoms. The third-order valence-corrected chi connectivity index (χ3v) is 7.80. The molecule has 1 amide bonds. The van der Waals surface area contributed by atoms with Crippen molar-refractivity contribution in [2.24, 2.45) is 0 Å². The van der Waals surface area contributed by atoms with Gasteiger partial charge in [0.05, 0.1) is 17.5 Å². The Balaban J connectivity index is 1.81. The number of fused-ring (bicyclic) bond motifs is 1. The first-order valence-electron chi connectivity index (χ1n) is 10.5. The predicted octanol–water partition coefficient (Wildman–Crippen LogP) is 4.67. The largest absolute Gasteiger partial charge is 0.334 e. The maximum absolute atomic E-state index is 13.2. The lowest BCUT2D eigenvalue weighted by Crippen LogP contribution is -2.46. The molecule has 0 saturated heterocycles. The number of hydrogen-bond donors (Lipinski definition) is 0. The molecule has 1 aliphatic rings. The molecule has 0 fully saturated rings. The van der Waals surface area contributed by atoms with E-state index >= 15 is 0 Å². The summed E-state index contributed by atoms with van der Waals surface area (Å²) in [6.45, 7) is 4.84. The van der Waals surface area contributed by atoms with E-state index in [1.807, 2.05) is 25.1 Å². The molecule has 1 heterocycles. The van der Waals surface area contributed by atoms with Crippen LogP contribution in [0, 0.1) is 0 Å². The second kappa shape index (κ2) is 9.94. The molecule has 2 aromatic rings. The quantitative estimate of drug-likeness (QED) is 0.551. The van der Waals surface area contributed by atoms with Crippen molar-refractivity contribution < 1.29 is 13.2 Å². The highest BCUT2D eigenvalue weighted by Crippen LogP contribution is 2.29. The van der Waals surface area contributed by atoms with Crippen LogP contribution in [0.25, 0.3) is 0 Å². The zero-order valence-corrected chi connectivity index (χ0v) is 19.1. The first-order chi connectivity index (χ1) is 14.3. The lowest BCUT2D eigenvalue weighted by molar-refractivity contribution is -0.134. The van der Waals surface area contributed by atoms with Gasteiger partial charge in [0.25, 0.3) is 0 Å². The van der Waals surface area contributed by atoms with Gasteiger partial charge in [0.2, 0.25) is 15.9 Å². The Morgan fingerprint density at radius 2 is 1.83 bits per heavy atom. The van der Waals surface area contributed by atoms with Crippen LogP contribution in [-0.2, 0) is 21.2 Å². The minimum Gasteiger partial charge on any atom is -0.334 e. The van der Waals surface area contributed by atoms with E-state index in [1.54, 1.807) is 17.0 Å². The first kappa shape index (κ1) is 22.8. The van der Waals surface area contributed by atoms with Crippen molar-refractivity contribution in [2.45, 2.75) is 50.5 Å². The van der Waals surface area contributed by atoms with Gasteiger partial charge in [-0.25, -0.2) is 8.42 Å². The maximum atomic E-state index is 13.2. The lowest BCUT2D eigenvalue weighted by Gasteiger charge is -2.36. The number of unbranched alkanes of at least 4 members (excludes halogenated alkanes) is 2. The van der Waals surface area contributed by atoms with Crippen molar-refractivity contribution in [3.63, 3.8) is 0 Å². The molecule has 0 saturated carbocycles. The Morgan fingerprint density at radius 1 is 1.13 bits per heavy atom. The number of hydrogen-bond acceptors (Lipinski definition) is 3. The average Bonchev–Trinajstić information content (AvgIpc) is 2.73. The Labute approximate surface area is 184 Å². The fourth-order valence-corrected chi connectivity index (χ4v) is 5.49. The van der Waals surface area contributed by atoms with E-state index in [1.165, 1.54) is 22.0 Å². The van der Waals surface area contributed by atoms with Crippen molar-refractivity contribution in [3.8, 4) is 0 Å². The molecule has 2 aromatic carbocycles. The van der Waals surface area contributed by atoms with Crippen LogP contribution in [0.4, 0.5) is 0 Å². The number of halogens is 1. The first-order valence-corrected chi connectivity index (χ1v) is 12.3. The smallest absolute Gasteiger partial charge is 0.243 e. The average molecular weight is 449 g/mol. The fourth-order valence-electron chi connectivity index (χ4n) is 3.93. The SMILES string of the molecule is CCCCCN(CC(=O)N1CCc2ccccc2C1C)S(=O)(=O)c1ccc(Cl)cc1. The molecule has 1 atom stereocenters. The molecule has 30 heavy (non-hydrogen) atoms. The van der Waals surface area contributed by atoms with Gasteiger partial charge in [-0.1, -0.05) is 55.6 Å². The van der Waals surface area contributed by atoms with Gasteiger partial charge in [-0.2, -0.15) is 4.31 Å². The summed E-state index contributed by atoms with van der Waals surface area (Å²) in [5.41, 5.74) is 2.39. The second-order valence-electron chi connectivity index (χ2n) is 7.71. The number of carbonyl (C=O) groups excluding carboxylic acids is 1. The fraction of sp³-hybridized carbons (Fsp3) is 0.435. The van der Waals surface area contributed by atoms with Crippen molar-refractivity contribution >= 4 is 27.5 Å². The van der Waals surface area contributed by atoms with Crippen LogP contribution in [0.3, 0.4) is 0 Å². The highest BCUT2D eigenvalue weighted by molar-refractivity contribution is 7.89. The third-order valence-electron chi connectivity index (χ3n) is 5.69.